The van der Waals surface area contributed by atoms with Gasteiger partial charge in [-0.05, 0) is 18.8 Å². The van der Waals surface area contributed by atoms with Crippen molar-refractivity contribution in [3.63, 3.8) is 0 Å². The predicted molar refractivity (Wildman–Crippen MR) is 44.9 cm³/mol. The van der Waals surface area contributed by atoms with Crippen LogP contribution in [0.4, 0.5) is 8.78 Å². The first kappa shape index (κ1) is 10.8. The Kier molecular flexibility index (Phi) is 2.91. The third-order valence-electron chi connectivity index (χ3n) is 2.30. The molecule has 1 fully saturated rings. The van der Waals surface area contributed by atoms with Gasteiger partial charge in [-0.25, -0.2) is 22.3 Å². The van der Waals surface area contributed by atoms with E-state index in [-0.39, 0.29) is 37.4 Å². The molecule has 0 aromatic carbocycles. The second-order valence-corrected chi connectivity index (χ2v) is 5.29. The average molecular weight is 213 g/mol. The number of alkyl halides is 2. The molecule has 1 aliphatic rings. The average Bonchev–Trinajstić information content (AvgIpc) is 1.91. The lowest BCUT2D eigenvalue weighted by Crippen LogP contribution is -2.30. The van der Waals surface area contributed by atoms with E-state index < -0.39 is 15.9 Å². The van der Waals surface area contributed by atoms with Gasteiger partial charge in [0.15, 0.2) is 0 Å². The Morgan fingerprint density at radius 3 is 2.15 bits per heavy atom. The van der Waals surface area contributed by atoms with Crippen molar-refractivity contribution in [2.75, 3.05) is 5.75 Å². The van der Waals surface area contributed by atoms with Gasteiger partial charge in [-0.2, -0.15) is 0 Å². The molecule has 0 spiro atoms. The smallest absolute Gasteiger partial charge is 0.229 e. The molecule has 2 N–H and O–H groups in total. The molecule has 3 nitrogen and oxygen atoms in total. The Hall–Kier alpha value is -0.230. The van der Waals surface area contributed by atoms with Gasteiger partial charge in [0.25, 0.3) is 0 Å². The molecule has 13 heavy (non-hydrogen) atoms. The minimum atomic E-state index is -3.51. The van der Waals surface area contributed by atoms with Crippen molar-refractivity contribution < 1.29 is 17.2 Å². The van der Waals surface area contributed by atoms with Crippen LogP contribution in [0.2, 0.25) is 0 Å². The van der Waals surface area contributed by atoms with Crippen molar-refractivity contribution >= 4 is 10.0 Å². The van der Waals surface area contributed by atoms with E-state index in [1.165, 1.54) is 0 Å². The van der Waals surface area contributed by atoms with E-state index >= 15 is 0 Å². The van der Waals surface area contributed by atoms with Gasteiger partial charge in [-0.15, -0.1) is 0 Å². The first-order valence-corrected chi connectivity index (χ1v) is 5.88. The van der Waals surface area contributed by atoms with Crippen molar-refractivity contribution in [1.82, 2.24) is 0 Å². The highest BCUT2D eigenvalue weighted by Gasteiger charge is 2.35. The fraction of sp³-hybridized carbons (Fsp3) is 1.00. The number of hydrogen-bond donors (Lipinski definition) is 1. The zero-order chi connectivity index (χ0) is 10.1. The summed E-state index contributed by atoms with van der Waals surface area (Å²) in [4.78, 5) is 0. The van der Waals surface area contributed by atoms with E-state index in [1.54, 1.807) is 0 Å². The van der Waals surface area contributed by atoms with E-state index in [0.717, 1.165) is 0 Å². The number of primary sulfonamides is 1. The largest absolute Gasteiger partial charge is 0.248 e. The molecule has 0 radical (unpaired) electrons. The summed E-state index contributed by atoms with van der Waals surface area (Å²) < 4.78 is 46.6. The molecule has 6 heteroatoms. The summed E-state index contributed by atoms with van der Waals surface area (Å²) in [5.41, 5.74) is 0. The Labute approximate surface area is 76.4 Å². The van der Waals surface area contributed by atoms with Gasteiger partial charge in [-0.3, -0.25) is 0 Å². The number of halogens is 2. The van der Waals surface area contributed by atoms with Crippen LogP contribution in [0.3, 0.4) is 0 Å². The van der Waals surface area contributed by atoms with Gasteiger partial charge in [0.2, 0.25) is 15.9 Å². The monoisotopic (exact) mass is 213 g/mol. The lowest BCUT2D eigenvalue weighted by molar-refractivity contribution is -0.0435. The third kappa shape index (κ3) is 3.99. The maximum atomic E-state index is 12.6. The van der Waals surface area contributed by atoms with Crippen LogP contribution in [0.15, 0.2) is 0 Å². The fourth-order valence-electron chi connectivity index (χ4n) is 1.60. The van der Waals surface area contributed by atoms with Crippen LogP contribution in [0.25, 0.3) is 0 Å². The Morgan fingerprint density at radius 2 is 1.77 bits per heavy atom. The minimum absolute atomic E-state index is 0.164. The summed E-state index contributed by atoms with van der Waals surface area (Å²) in [6.07, 6.45) is 0.0766. The number of sulfonamides is 1. The summed E-state index contributed by atoms with van der Waals surface area (Å²) in [5.74, 6) is -2.95. The topological polar surface area (TPSA) is 60.2 Å². The maximum Gasteiger partial charge on any atom is 0.248 e. The van der Waals surface area contributed by atoms with Gasteiger partial charge in [0, 0.05) is 12.8 Å². The van der Waals surface area contributed by atoms with Gasteiger partial charge in [-0.1, -0.05) is 0 Å². The zero-order valence-corrected chi connectivity index (χ0v) is 7.99. The predicted octanol–water partition coefficient (Wildman–Crippen LogP) is 1.10. The number of nitrogens with two attached hydrogens (primary N) is 1. The summed E-state index contributed by atoms with van der Waals surface area (Å²) in [6.45, 7) is 0. The molecule has 0 saturated heterocycles. The highest BCUT2D eigenvalue weighted by atomic mass is 32.2. The van der Waals surface area contributed by atoms with E-state index in [2.05, 4.69) is 0 Å². The molecule has 78 valence electrons. The Bertz CT molecular complexity index is 266. The summed E-state index contributed by atoms with van der Waals surface area (Å²) in [6, 6.07) is 0. The third-order valence-corrected chi connectivity index (χ3v) is 3.24. The van der Waals surface area contributed by atoms with E-state index in [4.69, 9.17) is 5.14 Å². The van der Waals surface area contributed by atoms with Gasteiger partial charge in [0.05, 0.1) is 5.75 Å². The normalized spacial score (nSPS) is 24.5. The standard InChI is InChI=1S/C7H13F2NO2S/c8-7(9)3-1-6(2-4-7)5-13(10,11)12/h6H,1-5H2,(H2,10,11,12). The number of hydrogen-bond acceptors (Lipinski definition) is 2. The van der Waals surface area contributed by atoms with Crippen molar-refractivity contribution in [1.29, 1.82) is 0 Å². The van der Waals surface area contributed by atoms with E-state index in [9.17, 15) is 17.2 Å². The van der Waals surface area contributed by atoms with Crippen molar-refractivity contribution in [3.05, 3.63) is 0 Å². The maximum absolute atomic E-state index is 12.6. The molecule has 1 aliphatic carbocycles. The highest BCUT2D eigenvalue weighted by Crippen LogP contribution is 2.36. The van der Waals surface area contributed by atoms with Crippen LogP contribution in [-0.4, -0.2) is 20.1 Å². The van der Waals surface area contributed by atoms with Gasteiger partial charge >= 0.3 is 0 Å². The van der Waals surface area contributed by atoms with Crippen LogP contribution >= 0.6 is 0 Å². The Balaban J connectivity index is 2.43. The molecule has 0 amide bonds. The molecular weight excluding hydrogens is 200 g/mol. The second-order valence-electron chi connectivity index (χ2n) is 3.63. The molecule has 0 aromatic heterocycles. The van der Waals surface area contributed by atoms with E-state index in [0.29, 0.717) is 0 Å². The molecule has 0 aliphatic heterocycles. The van der Waals surface area contributed by atoms with Crippen LogP contribution in [0.5, 0.6) is 0 Å². The molecule has 1 rings (SSSR count). The fourth-order valence-corrected chi connectivity index (χ4v) is 2.59. The molecule has 0 unspecified atom stereocenters. The van der Waals surface area contributed by atoms with Crippen molar-refractivity contribution in [3.8, 4) is 0 Å². The van der Waals surface area contributed by atoms with Crippen LogP contribution in [-0.2, 0) is 10.0 Å². The van der Waals surface area contributed by atoms with Crippen LogP contribution < -0.4 is 5.14 Å². The molecule has 0 atom stereocenters. The first-order valence-electron chi connectivity index (χ1n) is 4.17. The minimum Gasteiger partial charge on any atom is -0.229 e. The number of rotatable bonds is 2. The highest BCUT2D eigenvalue weighted by molar-refractivity contribution is 7.89. The van der Waals surface area contributed by atoms with Crippen LogP contribution in [0, 0.1) is 5.92 Å². The summed E-state index contributed by atoms with van der Waals surface area (Å²) >= 11 is 0. The van der Waals surface area contributed by atoms with E-state index in [1.807, 2.05) is 0 Å². The van der Waals surface area contributed by atoms with Gasteiger partial charge < -0.3 is 0 Å². The Morgan fingerprint density at radius 1 is 1.31 bits per heavy atom. The molecule has 0 aromatic rings. The summed E-state index contributed by atoms with van der Waals surface area (Å²) in [5, 5.41) is 4.82. The zero-order valence-electron chi connectivity index (χ0n) is 7.17. The lowest BCUT2D eigenvalue weighted by atomic mass is 9.88. The second kappa shape index (κ2) is 3.49. The molecule has 0 bridgehead atoms. The SMILES string of the molecule is NS(=O)(=O)CC1CCC(F)(F)CC1. The lowest BCUT2D eigenvalue weighted by Gasteiger charge is -2.27. The van der Waals surface area contributed by atoms with Crippen molar-refractivity contribution in [2.24, 2.45) is 11.1 Å². The summed E-state index contributed by atoms with van der Waals surface area (Å²) in [7, 11) is -3.51. The molecule has 1 saturated carbocycles. The van der Waals surface area contributed by atoms with Crippen LogP contribution in [0.1, 0.15) is 25.7 Å². The quantitative estimate of drug-likeness (QED) is 0.746. The van der Waals surface area contributed by atoms with Gasteiger partial charge in [0.1, 0.15) is 0 Å². The van der Waals surface area contributed by atoms with Crippen molar-refractivity contribution in [2.45, 2.75) is 31.6 Å². The molecule has 0 heterocycles. The molecular formula is C7H13F2NO2S. The first-order chi connectivity index (χ1) is 5.79.